The van der Waals surface area contributed by atoms with Crippen LogP contribution in [0.5, 0.6) is 17.4 Å². The van der Waals surface area contributed by atoms with Gasteiger partial charge in [0.15, 0.2) is 11.5 Å². The average molecular weight is 344 g/mol. The Bertz CT molecular complexity index is 675. The van der Waals surface area contributed by atoms with E-state index < -0.39 is 0 Å². The average Bonchev–Trinajstić information content (AvgIpc) is 2.67. The van der Waals surface area contributed by atoms with Crippen LogP contribution in [0.2, 0.25) is 0 Å². The summed E-state index contributed by atoms with van der Waals surface area (Å²) in [7, 11) is 3.36. The van der Waals surface area contributed by atoms with E-state index in [0.717, 1.165) is 45.1 Å². The maximum Gasteiger partial charge on any atom is 0.224 e. The number of methoxy groups -OCH3 is 2. The second-order valence-electron chi connectivity index (χ2n) is 5.79. The molecule has 0 spiro atoms. The van der Waals surface area contributed by atoms with Crippen molar-refractivity contribution >= 4 is 5.82 Å². The monoisotopic (exact) mass is 344 g/mol. The lowest BCUT2D eigenvalue weighted by Crippen LogP contribution is -2.47. The van der Waals surface area contributed by atoms with Crippen LogP contribution in [-0.4, -0.2) is 68.4 Å². The van der Waals surface area contributed by atoms with Gasteiger partial charge in [-0.25, -0.2) is 9.97 Å². The first-order valence-corrected chi connectivity index (χ1v) is 8.39. The normalized spacial score (nSPS) is 15.2. The van der Waals surface area contributed by atoms with Crippen LogP contribution in [0.4, 0.5) is 5.82 Å². The van der Waals surface area contributed by atoms with Crippen molar-refractivity contribution in [3.63, 3.8) is 0 Å². The summed E-state index contributed by atoms with van der Waals surface area (Å²) in [6.07, 6.45) is 1.54. The van der Waals surface area contributed by atoms with Crippen molar-refractivity contribution in [2.24, 2.45) is 0 Å². The third-order valence-electron chi connectivity index (χ3n) is 4.22. The molecule has 0 radical (unpaired) electrons. The van der Waals surface area contributed by atoms with Crippen LogP contribution >= 0.6 is 0 Å². The van der Waals surface area contributed by atoms with E-state index in [1.807, 2.05) is 30.3 Å². The second kappa shape index (κ2) is 8.64. The topological polar surface area (TPSA) is 60.0 Å². The van der Waals surface area contributed by atoms with Crippen LogP contribution in [0.15, 0.2) is 36.7 Å². The van der Waals surface area contributed by atoms with E-state index >= 15 is 0 Å². The van der Waals surface area contributed by atoms with Gasteiger partial charge in [-0.05, 0) is 12.1 Å². The molecule has 25 heavy (non-hydrogen) atoms. The highest BCUT2D eigenvalue weighted by Crippen LogP contribution is 2.30. The molecule has 0 saturated carbocycles. The van der Waals surface area contributed by atoms with Crippen molar-refractivity contribution in [3.8, 4) is 17.4 Å². The summed E-state index contributed by atoms with van der Waals surface area (Å²) in [5.41, 5.74) is 0. The van der Waals surface area contributed by atoms with Gasteiger partial charge in [-0.1, -0.05) is 12.1 Å². The summed E-state index contributed by atoms with van der Waals surface area (Å²) < 4.78 is 16.3. The van der Waals surface area contributed by atoms with Crippen LogP contribution < -0.4 is 14.4 Å². The van der Waals surface area contributed by atoms with Crippen molar-refractivity contribution in [1.29, 1.82) is 0 Å². The summed E-state index contributed by atoms with van der Waals surface area (Å²) in [6, 6.07) is 9.39. The van der Waals surface area contributed by atoms with Crippen LogP contribution in [0.1, 0.15) is 0 Å². The molecule has 1 saturated heterocycles. The lowest BCUT2D eigenvalue weighted by molar-refractivity contribution is 0.144. The molecule has 3 rings (SSSR count). The van der Waals surface area contributed by atoms with E-state index in [0.29, 0.717) is 17.4 Å². The Labute approximate surface area is 148 Å². The van der Waals surface area contributed by atoms with Crippen molar-refractivity contribution in [3.05, 3.63) is 36.7 Å². The number of nitrogens with zero attached hydrogens (tertiary/aromatic N) is 4. The first-order valence-electron chi connectivity index (χ1n) is 8.39. The molecule has 1 aromatic heterocycles. The molecule has 0 unspecified atom stereocenters. The Morgan fingerprint density at radius 1 is 1.00 bits per heavy atom. The highest BCUT2D eigenvalue weighted by atomic mass is 16.5. The molecular formula is C18H24N4O3. The van der Waals surface area contributed by atoms with E-state index in [9.17, 15) is 0 Å². The summed E-state index contributed by atoms with van der Waals surface area (Å²) in [5.74, 6) is 2.70. The van der Waals surface area contributed by atoms with Gasteiger partial charge in [0.1, 0.15) is 12.1 Å². The maximum atomic E-state index is 5.88. The van der Waals surface area contributed by atoms with Gasteiger partial charge in [0, 0.05) is 45.9 Å². The third kappa shape index (κ3) is 4.58. The third-order valence-corrected chi connectivity index (χ3v) is 4.22. The molecule has 7 heteroatoms. The SMILES string of the molecule is COCCN1CCN(c2cc(Oc3ccccc3OC)ncn2)CC1. The van der Waals surface area contributed by atoms with Crippen LogP contribution in [0, 0.1) is 0 Å². The second-order valence-corrected chi connectivity index (χ2v) is 5.79. The highest BCUT2D eigenvalue weighted by molar-refractivity contribution is 5.45. The van der Waals surface area contributed by atoms with Crippen LogP contribution in [0.3, 0.4) is 0 Å². The number of anilines is 1. The van der Waals surface area contributed by atoms with Crippen LogP contribution in [0.25, 0.3) is 0 Å². The van der Waals surface area contributed by atoms with Gasteiger partial charge in [-0.15, -0.1) is 0 Å². The predicted molar refractivity (Wildman–Crippen MR) is 95.6 cm³/mol. The van der Waals surface area contributed by atoms with Crippen molar-refractivity contribution < 1.29 is 14.2 Å². The van der Waals surface area contributed by atoms with E-state index in [1.165, 1.54) is 6.33 Å². The van der Waals surface area contributed by atoms with Gasteiger partial charge in [0.2, 0.25) is 5.88 Å². The number of rotatable bonds is 7. The molecule has 0 bridgehead atoms. The van der Waals surface area contributed by atoms with E-state index in [1.54, 1.807) is 14.2 Å². The molecule has 1 aliphatic heterocycles. The lowest BCUT2D eigenvalue weighted by atomic mass is 10.3. The minimum Gasteiger partial charge on any atom is -0.493 e. The molecule has 1 aliphatic rings. The molecule has 7 nitrogen and oxygen atoms in total. The minimum atomic E-state index is 0.510. The number of hydrogen-bond donors (Lipinski definition) is 0. The molecule has 1 aromatic carbocycles. The quantitative estimate of drug-likeness (QED) is 0.762. The number of para-hydroxylation sites is 2. The zero-order chi connectivity index (χ0) is 17.5. The Morgan fingerprint density at radius 3 is 2.48 bits per heavy atom. The first kappa shape index (κ1) is 17.4. The molecule has 0 atom stereocenters. The fourth-order valence-corrected chi connectivity index (χ4v) is 2.80. The lowest BCUT2D eigenvalue weighted by Gasteiger charge is -2.35. The maximum absolute atomic E-state index is 5.88. The summed E-state index contributed by atoms with van der Waals surface area (Å²) in [4.78, 5) is 13.3. The number of aromatic nitrogens is 2. The summed E-state index contributed by atoms with van der Waals surface area (Å²) in [6.45, 7) is 5.58. The van der Waals surface area contributed by atoms with E-state index in [2.05, 4.69) is 19.8 Å². The smallest absolute Gasteiger partial charge is 0.224 e. The Balaban J connectivity index is 1.64. The van der Waals surface area contributed by atoms with Gasteiger partial charge < -0.3 is 19.1 Å². The van der Waals surface area contributed by atoms with Crippen molar-refractivity contribution in [1.82, 2.24) is 14.9 Å². The number of benzene rings is 1. The van der Waals surface area contributed by atoms with Gasteiger partial charge >= 0.3 is 0 Å². The molecule has 2 aromatic rings. The fourth-order valence-electron chi connectivity index (χ4n) is 2.80. The van der Waals surface area contributed by atoms with Crippen LogP contribution in [-0.2, 0) is 4.74 Å². The zero-order valence-corrected chi connectivity index (χ0v) is 14.7. The molecule has 2 heterocycles. The molecular weight excluding hydrogens is 320 g/mol. The number of hydrogen-bond acceptors (Lipinski definition) is 7. The molecule has 134 valence electrons. The van der Waals surface area contributed by atoms with Gasteiger partial charge in [0.05, 0.1) is 13.7 Å². The Kier molecular flexibility index (Phi) is 6.03. The molecule has 0 amide bonds. The van der Waals surface area contributed by atoms with Gasteiger partial charge in [0.25, 0.3) is 0 Å². The first-order chi connectivity index (χ1) is 12.3. The number of ether oxygens (including phenoxy) is 3. The molecule has 0 N–H and O–H groups in total. The predicted octanol–water partition coefficient (Wildman–Crippen LogP) is 2.05. The zero-order valence-electron chi connectivity index (χ0n) is 14.7. The minimum absolute atomic E-state index is 0.510. The van der Waals surface area contributed by atoms with E-state index in [4.69, 9.17) is 14.2 Å². The van der Waals surface area contributed by atoms with E-state index in [-0.39, 0.29) is 0 Å². The van der Waals surface area contributed by atoms with Crippen molar-refractivity contribution in [2.75, 3.05) is 58.5 Å². The fraction of sp³-hybridized carbons (Fsp3) is 0.444. The molecule has 1 fully saturated rings. The van der Waals surface area contributed by atoms with Gasteiger partial charge in [-0.3, -0.25) is 4.90 Å². The standard InChI is InChI=1S/C18H24N4O3/c1-23-12-11-21-7-9-22(10-8-21)17-13-18(20-14-19-17)25-16-6-4-3-5-15(16)24-2/h3-6,13-14H,7-12H2,1-2H3. The van der Waals surface area contributed by atoms with Gasteiger partial charge in [-0.2, -0.15) is 0 Å². The summed E-state index contributed by atoms with van der Waals surface area (Å²) in [5, 5.41) is 0. The van der Waals surface area contributed by atoms with Crippen molar-refractivity contribution in [2.45, 2.75) is 0 Å². The molecule has 0 aliphatic carbocycles. The largest absolute Gasteiger partial charge is 0.493 e. The highest BCUT2D eigenvalue weighted by Gasteiger charge is 2.18. The Morgan fingerprint density at radius 2 is 1.76 bits per heavy atom. The summed E-state index contributed by atoms with van der Waals surface area (Å²) >= 11 is 0. The number of piperazine rings is 1. The Hall–Kier alpha value is -2.38.